The molecule has 0 unspecified atom stereocenters. The van der Waals surface area contributed by atoms with Crippen LogP contribution in [0.15, 0.2) is 65.1 Å². The molecule has 0 aliphatic carbocycles. The van der Waals surface area contributed by atoms with Crippen LogP contribution in [0.25, 0.3) is 22.6 Å². The summed E-state index contributed by atoms with van der Waals surface area (Å²) in [5, 5.41) is 17.2. The Bertz CT molecular complexity index is 941. The van der Waals surface area contributed by atoms with Crippen molar-refractivity contribution in [1.29, 1.82) is 0 Å². The molecule has 3 aromatic rings. The maximum atomic E-state index is 10.7. The Morgan fingerprint density at radius 3 is 1.97 bits per heavy atom. The molecule has 0 fully saturated rings. The monoisotopic (exact) mass is 442 g/mol. The summed E-state index contributed by atoms with van der Waals surface area (Å²) in [4.78, 5) is 25.4. The van der Waals surface area contributed by atoms with E-state index in [1.807, 2.05) is 60.7 Å². The molecule has 0 amide bonds. The Kier molecular flexibility index (Phi) is 8.41. The fourth-order valence-corrected chi connectivity index (χ4v) is 2.67. The lowest BCUT2D eigenvalue weighted by Gasteiger charge is -2.21. The summed E-state index contributed by atoms with van der Waals surface area (Å²) in [6.45, 7) is 3.32. The Labute approximate surface area is 186 Å². The minimum absolute atomic E-state index is 0.00295. The number of nitrogens with two attached hydrogens (primary N) is 1. The van der Waals surface area contributed by atoms with E-state index in [9.17, 15) is 9.59 Å². The number of aryl methyl sites for hydroxylation is 1. The summed E-state index contributed by atoms with van der Waals surface area (Å²) in [6, 6.07) is 18.6. The molecule has 0 saturated heterocycles. The van der Waals surface area contributed by atoms with E-state index >= 15 is 0 Å². The molecule has 1 aromatic heterocycles. The third-order valence-electron chi connectivity index (χ3n) is 4.33. The molecular formula is C23H26N2O5S. The first-order valence-corrected chi connectivity index (χ1v) is 10.1. The maximum Gasteiger partial charge on any atom is 0.321 e. The van der Waals surface area contributed by atoms with Gasteiger partial charge in [-0.3, -0.25) is 9.59 Å². The van der Waals surface area contributed by atoms with Crippen LogP contribution >= 0.6 is 12.6 Å². The molecule has 1 atom stereocenters. The van der Waals surface area contributed by atoms with E-state index in [0.717, 1.165) is 16.8 Å². The van der Waals surface area contributed by atoms with Crippen LogP contribution < -0.4 is 5.73 Å². The standard InChI is InChI=1S/C18H15NO3.C5H11NO2S/c20-16(21)12-11-15-19-17(13-7-3-1-4-8-13)18(22-15)14-9-5-2-6-10-14;1-5(2,9)3(6)4(7)8/h1-10H,11-12H2,(H,20,21);3,9H,6H2,1-2H3,(H,7,8)/t;3-/m.1/s1. The molecule has 164 valence electrons. The first-order valence-electron chi connectivity index (χ1n) is 9.62. The molecule has 0 radical (unpaired) electrons. The zero-order valence-corrected chi connectivity index (χ0v) is 18.3. The second-order valence-electron chi connectivity index (χ2n) is 7.38. The van der Waals surface area contributed by atoms with Crippen LogP contribution in [-0.2, 0) is 16.0 Å². The van der Waals surface area contributed by atoms with Gasteiger partial charge in [0.15, 0.2) is 11.7 Å². The molecule has 31 heavy (non-hydrogen) atoms. The number of aromatic nitrogens is 1. The number of oxazole rings is 1. The smallest absolute Gasteiger partial charge is 0.321 e. The number of aliphatic carboxylic acids is 2. The van der Waals surface area contributed by atoms with E-state index in [0.29, 0.717) is 11.7 Å². The van der Waals surface area contributed by atoms with E-state index in [1.165, 1.54) is 0 Å². The highest BCUT2D eigenvalue weighted by atomic mass is 32.1. The Hall–Kier alpha value is -3.10. The van der Waals surface area contributed by atoms with Gasteiger partial charge in [0.25, 0.3) is 0 Å². The van der Waals surface area contributed by atoms with Gasteiger partial charge in [0.2, 0.25) is 0 Å². The number of benzene rings is 2. The van der Waals surface area contributed by atoms with Crippen molar-refractivity contribution in [3.63, 3.8) is 0 Å². The first-order chi connectivity index (χ1) is 14.6. The van der Waals surface area contributed by atoms with Gasteiger partial charge in [-0.05, 0) is 13.8 Å². The highest BCUT2D eigenvalue weighted by Gasteiger charge is 2.27. The molecule has 8 heteroatoms. The summed E-state index contributed by atoms with van der Waals surface area (Å²) in [5.74, 6) is -0.761. The number of nitrogens with zero attached hydrogens (tertiary/aromatic N) is 1. The van der Waals surface area contributed by atoms with Crippen molar-refractivity contribution in [3.8, 4) is 22.6 Å². The SMILES string of the molecule is CC(C)(S)[C@H](N)C(=O)O.O=C(O)CCc1nc(-c2ccccc2)c(-c2ccccc2)o1. The lowest BCUT2D eigenvalue weighted by atomic mass is 10.1. The minimum atomic E-state index is -1.02. The minimum Gasteiger partial charge on any atom is -0.481 e. The predicted molar refractivity (Wildman–Crippen MR) is 122 cm³/mol. The second kappa shape index (κ2) is 10.8. The fraction of sp³-hybridized carbons (Fsp3) is 0.261. The molecule has 1 heterocycles. The van der Waals surface area contributed by atoms with Crippen molar-refractivity contribution >= 4 is 24.6 Å². The number of rotatable bonds is 7. The summed E-state index contributed by atoms with van der Waals surface area (Å²) in [7, 11) is 0. The number of hydrogen-bond donors (Lipinski definition) is 4. The summed E-state index contributed by atoms with van der Waals surface area (Å²) in [5.41, 5.74) is 7.84. The van der Waals surface area contributed by atoms with Crippen LogP contribution in [0, 0.1) is 0 Å². The van der Waals surface area contributed by atoms with Gasteiger partial charge in [-0.2, -0.15) is 12.6 Å². The van der Waals surface area contributed by atoms with Crippen molar-refractivity contribution in [2.45, 2.75) is 37.5 Å². The molecule has 7 nitrogen and oxygen atoms in total. The number of carbonyl (C=O) groups is 2. The third kappa shape index (κ3) is 7.27. The fourth-order valence-electron chi connectivity index (χ4n) is 2.56. The highest BCUT2D eigenvalue weighted by Crippen LogP contribution is 2.32. The summed E-state index contributed by atoms with van der Waals surface area (Å²) < 4.78 is 5.18. The van der Waals surface area contributed by atoms with E-state index in [-0.39, 0.29) is 12.8 Å². The van der Waals surface area contributed by atoms with Crippen molar-refractivity contribution in [2.75, 3.05) is 0 Å². The zero-order chi connectivity index (χ0) is 23.0. The van der Waals surface area contributed by atoms with Gasteiger partial charge in [-0.15, -0.1) is 0 Å². The lowest BCUT2D eigenvalue weighted by Crippen LogP contribution is -2.45. The summed E-state index contributed by atoms with van der Waals surface area (Å²) in [6.07, 6.45) is 0.283. The molecule has 0 aliphatic rings. The van der Waals surface area contributed by atoms with Gasteiger partial charge in [-0.25, -0.2) is 4.98 Å². The number of thiol groups is 1. The summed E-state index contributed by atoms with van der Waals surface area (Å²) >= 11 is 3.98. The maximum absolute atomic E-state index is 10.7. The Morgan fingerprint density at radius 2 is 1.55 bits per heavy atom. The van der Waals surface area contributed by atoms with E-state index < -0.39 is 22.7 Å². The number of carboxylic acid groups (broad SMARTS) is 2. The normalized spacial score (nSPS) is 11.9. The van der Waals surface area contributed by atoms with Crippen molar-refractivity contribution < 1.29 is 24.2 Å². The van der Waals surface area contributed by atoms with E-state index in [4.69, 9.17) is 20.4 Å². The van der Waals surface area contributed by atoms with Gasteiger partial charge in [-0.1, -0.05) is 60.7 Å². The van der Waals surface area contributed by atoms with Crippen molar-refractivity contribution in [2.24, 2.45) is 5.73 Å². The average Bonchev–Trinajstić information content (AvgIpc) is 3.17. The molecule has 0 spiro atoms. The second-order valence-corrected chi connectivity index (χ2v) is 8.53. The van der Waals surface area contributed by atoms with E-state index in [2.05, 4.69) is 17.6 Å². The molecule has 0 bridgehead atoms. The van der Waals surface area contributed by atoms with E-state index in [1.54, 1.807) is 13.8 Å². The van der Waals surface area contributed by atoms with Gasteiger partial charge in [0, 0.05) is 22.3 Å². The predicted octanol–water partition coefficient (Wildman–Crippen LogP) is 4.13. The van der Waals surface area contributed by atoms with Crippen molar-refractivity contribution in [1.82, 2.24) is 4.98 Å². The first kappa shape index (κ1) is 24.2. The van der Waals surface area contributed by atoms with Crippen LogP contribution in [0.3, 0.4) is 0 Å². The molecular weight excluding hydrogens is 416 g/mol. The van der Waals surface area contributed by atoms with Gasteiger partial charge >= 0.3 is 11.9 Å². The van der Waals surface area contributed by atoms with Gasteiger partial charge in [0.1, 0.15) is 11.7 Å². The van der Waals surface area contributed by atoms with Crippen LogP contribution in [0.1, 0.15) is 26.2 Å². The Balaban J connectivity index is 0.000000323. The lowest BCUT2D eigenvalue weighted by molar-refractivity contribution is -0.139. The molecule has 3 rings (SSSR count). The zero-order valence-electron chi connectivity index (χ0n) is 17.4. The largest absolute Gasteiger partial charge is 0.481 e. The number of hydrogen-bond acceptors (Lipinski definition) is 6. The topological polar surface area (TPSA) is 127 Å². The Morgan fingerprint density at radius 1 is 1.03 bits per heavy atom. The van der Waals surface area contributed by atoms with Crippen LogP contribution in [-0.4, -0.2) is 37.9 Å². The highest BCUT2D eigenvalue weighted by molar-refractivity contribution is 7.81. The molecule has 4 N–H and O–H groups in total. The molecule has 0 saturated carbocycles. The third-order valence-corrected chi connectivity index (χ3v) is 4.61. The van der Waals surface area contributed by atoms with Crippen LogP contribution in [0.4, 0.5) is 0 Å². The van der Waals surface area contributed by atoms with Gasteiger partial charge < -0.3 is 20.4 Å². The number of carboxylic acids is 2. The van der Waals surface area contributed by atoms with Crippen LogP contribution in [0.2, 0.25) is 0 Å². The quantitative estimate of drug-likeness (QED) is 0.405. The van der Waals surface area contributed by atoms with Gasteiger partial charge in [0.05, 0.1) is 6.42 Å². The molecule has 0 aliphatic heterocycles. The van der Waals surface area contributed by atoms with Crippen LogP contribution in [0.5, 0.6) is 0 Å². The average molecular weight is 443 g/mol. The molecule has 2 aromatic carbocycles. The van der Waals surface area contributed by atoms with Crippen molar-refractivity contribution in [3.05, 3.63) is 66.6 Å².